The Bertz CT molecular complexity index is 474. The number of hydrogen-bond acceptors (Lipinski definition) is 3. The van der Waals surface area contributed by atoms with E-state index in [1.165, 1.54) is 4.90 Å². The number of likely N-dealkylation sites (tertiary alicyclic amines) is 1. The molecule has 0 radical (unpaired) electrons. The van der Waals surface area contributed by atoms with Crippen molar-refractivity contribution in [1.82, 2.24) is 4.90 Å². The van der Waals surface area contributed by atoms with Gasteiger partial charge in [-0.1, -0.05) is 15.9 Å². The van der Waals surface area contributed by atoms with Gasteiger partial charge in [-0.2, -0.15) is 0 Å². The predicted octanol–water partition coefficient (Wildman–Crippen LogP) is 1.90. The van der Waals surface area contributed by atoms with Crippen LogP contribution in [0.4, 0.5) is 0 Å². The number of ether oxygens (including phenoxy) is 1. The average Bonchev–Trinajstić information content (AvgIpc) is 2.87. The van der Waals surface area contributed by atoms with E-state index in [0.717, 1.165) is 10.9 Å². The molecule has 0 bridgehead atoms. The van der Waals surface area contributed by atoms with Crippen LogP contribution < -0.4 is 4.74 Å². The summed E-state index contributed by atoms with van der Waals surface area (Å²) in [6.45, 7) is 0.352. The molecule has 1 heterocycles. The van der Waals surface area contributed by atoms with E-state index in [2.05, 4.69) is 15.9 Å². The second-order valence-corrected chi connectivity index (χ2v) is 5.24. The first-order valence-corrected chi connectivity index (χ1v) is 6.78. The SMILES string of the molecule is O=C(O)C1CCCN1C(=O)COc1ccc(Br)cc1. The molecule has 2 rings (SSSR count). The fourth-order valence-electron chi connectivity index (χ4n) is 2.08. The van der Waals surface area contributed by atoms with Crippen molar-refractivity contribution in [2.24, 2.45) is 0 Å². The summed E-state index contributed by atoms with van der Waals surface area (Å²) in [7, 11) is 0. The third kappa shape index (κ3) is 3.47. The van der Waals surface area contributed by atoms with Gasteiger partial charge in [-0.25, -0.2) is 4.79 Å². The smallest absolute Gasteiger partial charge is 0.326 e. The van der Waals surface area contributed by atoms with E-state index in [1.54, 1.807) is 12.1 Å². The zero-order chi connectivity index (χ0) is 13.8. The molecule has 1 N–H and O–H groups in total. The Kier molecular flexibility index (Phi) is 4.42. The summed E-state index contributed by atoms with van der Waals surface area (Å²) in [5.41, 5.74) is 0. The quantitative estimate of drug-likeness (QED) is 0.917. The van der Waals surface area contributed by atoms with Crippen LogP contribution in [0.25, 0.3) is 0 Å². The van der Waals surface area contributed by atoms with Crippen LogP contribution in [0.2, 0.25) is 0 Å². The number of rotatable bonds is 4. The van der Waals surface area contributed by atoms with Crippen LogP contribution in [0.15, 0.2) is 28.7 Å². The number of hydrogen-bond donors (Lipinski definition) is 1. The number of carbonyl (C=O) groups is 2. The summed E-state index contributed by atoms with van der Waals surface area (Å²) < 4.78 is 6.29. The van der Waals surface area contributed by atoms with Gasteiger partial charge in [0, 0.05) is 11.0 Å². The molecule has 1 saturated heterocycles. The molecule has 0 saturated carbocycles. The summed E-state index contributed by atoms with van der Waals surface area (Å²) in [6.07, 6.45) is 1.24. The number of benzene rings is 1. The maximum Gasteiger partial charge on any atom is 0.326 e. The van der Waals surface area contributed by atoms with Crippen molar-refractivity contribution in [3.8, 4) is 5.75 Å². The highest BCUT2D eigenvalue weighted by molar-refractivity contribution is 9.10. The zero-order valence-corrected chi connectivity index (χ0v) is 11.8. The van der Waals surface area contributed by atoms with E-state index in [-0.39, 0.29) is 12.5 Å². The van der Waals surface area contributed by atoms with E-state index in [1.807, 2.05) is 12.1 Å². The van der Waals surface area contributed by atoms with Crippen molar-refractivity contribution < 1.29 is 19.4 Å². The minimum Gasteiger partial charge on any atom is -0.484 e. The molecule has 1 aromatic carbocycles. The first-order valence-electron chi connectivity index (χ1n) is 5.98. The van der Waals surface area contributed by atoms with Crippen molar-refractivity contribution in [2.75, 3.05) is 13.2 Å². The number of halogens is 1. The fraction of sp³-hybridized carbons (Fsp3) is 0.385. The van der Waals surface area contributed by atoms with E-state index in [9.17, 15) is 9.59 Å². The first kappa shape index (κ1) is 13.9. The van der Waals surface area contributed by atoms with E-state index in [4.69, 9.17) is 9.84 Å². The van der Waals surface area contributed by atoms with Gasteiger partial charge in [0.1, 0.15) is 11.8 Å². The molecular formula is C13H14BrNO4. The summed E-state index contributed by atoms with van der Waals surface area (Å²) >= 11 is 3.31. The Morgan fingerprint density at radius 2 is 2.05 bits per heavy atom. The predicted molar refractivity (Wildman–Crippen MR) is 72.0 cm³/mol. The van der Waals surface area contributed by atoms with Gasteiger partial charge in [-0.05, 0) is 37.1 Å². The van der Waals surface area contributed by atoms with Crippen LogP contribution in [0.3, 0.4) is 0 Å². The molecule has 0 aromatic heterocycles. The number of carboxylic acids is 1. The minimum absolute atomic E-state index is 0.134. The molecule has 1 atom stereocenters. The van der Waals surface area contributed by atoms with Crippen molar-refractivity contribution in [3.63, 3.8) is 0 Å². The molecule has 6 heteroatoms. The van der Waals surface area contributed by atoms with Crippen molar-refractivity contribution >= 4 is 27.8 Å². The van der Waals surface area contributed by atoms with Crippen molar-refractivity contribution in [1.29, 1.82) is 0 Å². The number of aliphatic carboxylic acids is 1. The molecule has 1 aliphatic rings. The minimum atomic E-state index is -0.950. The number of carboxylic acid groups (broad SMARTS) is 1. The lowest BCUT2D eigenvalue weighted by molar-refractivity contribution is -0.148. The van der Waals surface area contributed by atoms with Gasteiger partial charge in [0.2, 0.25) is 0 Å². The first-order chi connectivity index (χ1) is 9.08. The Morgan fingerprint density at radius 3 is 2.68 bits per heavy atom. The summed E-state index contributed by atoms with van der Waals surface area (Å²) in [6, 6.07) is 6.42. The molecule has 1 amide bonds. The van der Waals surface area contributed by atoms with Crippen LogP contribution in [-0.2, 0) is 9.59 Å². The normalized spacial score (nSPS) is 18.4. The van der Waals surface area contributed by atoms with Gasteiger partial charge in [-0.3, -0.25) is 4.79 Å². The third-order valence-electron chi connectivity index (χ3n) is 3.03. The molecule has 1 aliphatic heterocycles. The maximum absolute atomic E-state index is 11.9. The largest absolute Gasteiger partial charge is 0.484 e. The summed E-state index contributed by atoms with van der Waals surface area (Å²) in [5, 5.41) is 9.01. The molecule has 1 unspecified atom stereocenters. The molecule has 19 heavy (non-hydrogen) atoms. The molecule has 1 fully saturated rings. The molecule has 1 aromatic rings. The van der Waals surface area contributed by atoms with Crippen LogP contribution in [0.5, 0.6) is 5.75 Å². The van der Waals surface area contributed by atoms with Crippen molar-refractivity contribution in [3.05, 3.63) is 28.7 Å². The van der Waals surface area contributed by atoms with Crippen LogP contribution in [0.1, 0.15) is 12.8 Å². The lowest BCUT2D eigenvalue weighted by atomic mass is 10.2. The second-order valence-electron chi connectivity index (χ2n) is 4.33. The molecule has 0 spiro atoms. The number of amides is 1. The highest BCUT2D eigenvalue weighted by Gasteiger charge is 2.33. The van der Waals surface area contributed by atoms with Gasteiger partial charge >= 0.3 is 5.97 Å². The number of carbonyl (C=O) groups excluding carboxylic acids is 1. The standard InChI is InChI=1S/C13H14BrNO4/c14-9-3-5-10(6-4-9)19-8-12(16)15-7-1-2-11(15)13(17)18/h3-6,11H,1-2,7-8H2,(H,17,18). The van der Waals surface area contributed by atoms with E-state index in [0.29, 0.717) is 18.7 Å². The molecule has 5 nitrogen and oxygen atoms in total. The highest BCUT2D eigenvalue weighted by Crippen LogP contribution is 2.19. The Labute approximate surface area is 119 Å². The van der Waals surface area contributed by atoms with Crippen molar-refractivity contribution in [2.45, 2.75) is 18.9 Å². The van der Waals surface area contributed by atoms with E-state index >= 15 is 0 Å². The van der Waals surface area contributed by atoms with Gasteiger partial charge in [0.05, 0.1) is 0 Å². The Hall–Kier alpha value is -1.56. The monoisotopic (exact) mass is 327 g/mol. The van der Waals surface area contributed by atoms with Gasteiger partial charge in [0.25, 0.3) is 5.91 Å². The molecule has 102 valence electrons. The summed E-state index contributed by atoms with van der Waals surface area (Å²) in [4.78, 5) is 24.3. The van der Waals surface area contributed by atoms with Gasteiger partial charge in [0.15, 0.2) is 6.61 Å². The van der Waals surface area contributed by atoms with Gasteiger partial charge in [-0.15, -0.1) is 0 Å². The van der Waals surface area contributed by atoms with Crippen LogP contribution >= 0.6 is 15.9 Å². The highest BCUT2D eigenvalue weighted by atomic mass is 79.9. The third-order valence-corrected chi connectivity index (χ3v) is 3.56. The fourth-order valence-corrected chi connectivity index (χ4v) is 2.35. The maximum atomic E-state index is 11.9. The van der Waals surface area contributed by atoms with Crippen LogP contribution in [-0.4, -0.2) is 41.1 Å². The summed E-state index contributed by atoms with van der Waals surface area (Å²) in [5.74, 6) is -0.648. The Balaban J connectivity index is 1.90. The topological polar surface area (TPSA) is 66.8 Å². The van der Waals surface area contributed by atoms with Crippen LogP contribution in [0, 0.1) is 0 Å². The molecular weight excluding hydrogens is 314 g/mol. The van der Waals surface area contributed by atoms with E-state index < -0.39 is 12.0 Å². The number of nitrogens with zero attached hydrogens (tertiary/aromatic N) is 1. The lowest BCUT2D eigenvalue weighted by Crippen LogP contribution is -2.42. The average molecular weight is 328 g/mol. The zero-order valence-electron chi connectivity index (χ0n) is 10.2. The lowest BCUT2D eigenvalue weighted by Gasteiger charge is -2.21. The van der Waals surface area contributed by atoms with Gasteiger partial charge < -0.3 is 14.7 Å². The second kappa shape index (κ2) is 6.06. The Morgan fingerprint density at radius 1 is 1.37 bits per heavy atom. The molecule has 0 aliphatic carbocycles.